The molecule has 3 rings (SSSR count). The Labute approximate surface area is 161 Å². The van der Waals surface area contributed by atoms with Gasteiger partial charge in [0.1, 0.15) is 5.78 Å². The van der Waals surface area contributed by atoms with Crippen LogP contribution in [0.4, 0.5) is 0 Å². The van der Waals surface area contributed by atoms with E-state index < -0.39 is 0 Å². The normalized spacial score (nSPS) is 16.0. The molecule has 4 nitrogen and oxygen atoms in total. The second kappa shape index (κ2) is 10.0. The van der Waals surface area contributed by atoms with E-state index >= 15 is 0 Å². The Hall–Kier alpha value is -2.49. The van der Waals surface area contributed by atoms with Crippen molar-refractivity contribution in [2.75, 3.05) is 6.61 Å². The molecule has 27 heavy (non-hydrogen) atoms. The zero-order valence-electron chi connectivity index (χ0n) is 16.5. The van der Waals surface area contributed by atoms with Gasteiger partial charge in [0, 0.05) is 23.9 Å². The molecule has 4 heteroatoms. The van der Waals surface area contributed by atoms with Crippen LogP contribution in [0, 0.1) is 5.41 Å². The molecule has 0 atom stereocenters. The number of pyridine rings is 1. The summed E-state index contributed by atoms with van der Waals surface area (Å²) in [5.41, 5.74) is 3.53. The second-order valence-corrected chi connectivity index (χ2v) is 7.19. The SMILES string of the molecule is CCOC=O.CCc1ccc2ccc(/C=C/C3(C)CCC(=O)CC3)cc2n1. The Morgan fingerprint density at radius 1 is 1.15 bits per heavy atom. The monoisotopic (exact) mass is 367 g/mol. The first kappa shape index (κ1) is 20.8. The fraction of sp³-hybridized carbons (Fsp3) is 0.435. The van der Waals surface area contributed by atoms with E-state index in [0.29, 0.717) is 18.9 Å². The summed E-state index contributed by atoms with van der Waals surface area (Å²) in [5.74, 6) is 0.410. The molecule has 0 bridgehead atoms. The molecule has 0 spiro atoms. The Bertz CT molecular complexity index is 800. The summed E-state index contributed by atoms with van der Waals surface area (Å²) >= 11 is 0. The maximum absolute atomic E-state index is 11.4. The van der Waals surface area contributed by atoms with Crippen molar-refractivity contribution in [2.45, 2.75) is 52.9 Å². The molecule has 0 N–H and O–H groups in total. The number of fused-ring (bicyclic) bond motifs is 1. The van der Waals surface area contributed by atoms with Crippen LogP contribution in [0.25, 0.3) is 17.0 Å². The van der Waals surface area contributed by atoms with E-state index in [4.69, 9.17) is 4.98 Å². The van der Waals surface area contributed by atoms with E-state index in [1.165, 1.54) is 10.9 Å². The number of rotatable bonds is 5. The number of Topliss-reactive ketones (excluding diaryl/α,β-unsaturated/α-hetero) is 1. The van der Waals surface area contributed by atoms with Gasteiger partial charge in [-0.15, -0.1) is 0 Å². The lowest BCUT2D eigenvalue weighted by Crippen LogP contribution is -2.22. The highest BCUT2D eigenvalue weighted by Gasteiger charge is 2.27. The minimum Gasteiger partial charge on any atom is -0.468 e. The molecule has 0 aliphatic heterocycles. The molecule has 1 aromatic carbocycles. The first-order valence-electron chi connectivity index (χ1n) is 9.65. The Kier molecular flexibility index (Phi) is 7.71. The number of hydrogen-bond acceptors (Lipinski definition) is 4. The van der Waals surface area contributed by atoms with Crippen LogP contribution in [0.1, 0.15) is 57.7 Å². The summed E-state index contributed by atoms with van der Waals surface area (Å²) in [6, 6.07) is 10.7. The van der Waals surface area contributed by atoms with Crippen LogP contribution in [0.2, 0.25) is 0 Å². The number of aryl methyl sites for hydroxylation is 1. The number of nitrogens with zero attached hydrogens (tertiary/aromatic N) is 1. The van der Waals surface area contributed by atoms with Gasteiger partial charge in [-0.25, -0.2) is 0 Å². The van der Waals surface area contributed by atoms with Crippen LogP contribution in [-0.4, -0.2) is 23.8 Å². The van der Waals surface area contributed by atoms with Gasteiger partial charge >= 0.3 is 0 Å². The predicted octanol–water partition coefficient (Wildman–Crippen LogP) is 5.14. The fourth-order valence-corrected chi connectivity index (χ4v) is 3.11. The molecule has 0 unspecified atom stereocenters. The van der Waals surface area contributed by atoms with E-state index in [-0.39, 0.29) is 5.41 Å². The third-order valence-electron chi connectivity index (χ3n) is 5.00. The summed E-state index contributed by atoms with van der Waals surface area (Å²) in [7, 11) is 0. The predicted molar refractivity (Wildman–Crippen MR) is 109 cm³/mol. The molecular weight excluding hydrogens is 338 g/mol. The molecule has 2 aromatic rings. The standard InChI is InChI=1S/C20H23NO.C3H6O2/c1-3-17-7-6-16-5-4-15(14-19(16)21-17)8-11-20(2)12-9-18(22)10-13-20;1-2-5-3-4/h4-8,11,14H,3,9-10,12-13H2,1-2H3;3H,2H2,1H3/b11-8+;. The fourth-order valence-electron chi connectivity index (χ4n) is 3.11. The average Bonchev–Trinajstić information content (AvgIpc) is 2.69. The van der Waals surface area contributed by atoms with Crippen molar-refractivity contribution in [3.05, 3.63) is 47.7 Å². The third-order valence-corrected chi connectivity index (χ3v) is 5.00. The highest BCUT2D eigenvalue weighted by atomic mass is 16.5. The summed E-state index contributed by atoms with van der Waals surface area (Å²) in [5, 5.41) is 1.18. The average molecular weight is 367 g/mol. The van der Waals surface area contributed by atoms with Crippen LogP contribution < -0.4 is 0 Å². The Morgan fingerprint density at radius 2 is 1.85 bits per heavy atom. The lowest BCUT2D eigenvalue weighted by Gasteiger charge is -2.29. The molecule has 1 aliphatic rings. The van der Waals surface area contributed by atoms with E-state index in [1.807, 2.05) is 0 Å². The number of allylic oxidation sites excluding steroid dienone is 1. The van der Waals surface area contributed by atoms with Gasteiger partial charge in [-0.2, -0.15) is 0 Å². The molecular formula is C23H29NO3. The van der Waals surface area contributed by atoms with E-state index in [0.717, 1.165) is 43.3 Å². The topological polar surface area (TPSA) is 56.3 Å². The number of ketones is 1. The summed E-state index contributed by atoms with van der Waals surface area (Å²) < 4.78 is 4.15. The number of hydrogen-bond donors (Lipinski definition) is 0. The smallest absolute Gasteiger partial charge is 0.293 e. The lowest BCUT2D eigenvalue weighted by molar-refractivity contribution is -0.128. The zero-order chi connectivity index (χ0) is 19.7. The van der Waals surface area contributed by atoms with Crippen LogP contribution in [0.3, 0.4) is 0 Å². The number of aromatic nitrogens is 1. The first-order valence-corrected chi connectivity index (χ1v) is 9.65. The van der Waals surface area contributed by atoms with Crippen molar-refractivity contribution >= 4 is 29.2 Å². The highest BCUT2D eigenvalue weighted by Crippen LogP contribution is 2.36. The van der Waals surface area contributed by atoms with E-state index in [2.05, 4.69) is 61.1 Å². The Balaban J connectivity index is 0.000000465. The van der Waals surface area contributed by atoms with Gasteiger partial charge in [-0.3, -0.25) is 14.6 Å². The van der Waals surface area contributed by atoms with Crippen molar-refractivity contribution in [1.29, 1.82) is 0 Å². The van der Waals surface area contributed by atoms with Crippen LogP contribution >= 0.6 is 0 Å². The number of ether oxygens (including phenoxy) is 1. The van der Waals surface area contributed by atoms with Crippen LogP contribution in [0.5, 0.6) is 0 Å². The molecule has 1 fully saturated rings. The van der Waals surface area contributed by atoms with Crippen molar-refractivity contribution in [2.24, 2.45) is 5.41 Å². The molecule has 0 amide bonds. The lowest BCUT2D eigenvalue weighted by atomic mass is 9.75. The minimum absolute atomic E-state index is 0.154. The first-order chi connectivity index (χ1) is 13.0. The van der Waals surface area contributed by atoms with Gasteiger partial charge < -0.3 is 4.74 Å². The largest absolute Gasteiger partial charge is 0.468 e. The molecule has 1 aromatic heterocycles. The Morgan fingerprint density at radius 3 is 2.44 bits per heavy atom. The van der Waals surface area contributed by atoms with Gasteiger partial charge in [-0.1, -0.05) is 44.2 Å². The van der Waals surface area contributed by atoms with Crippen LogP contribution in [-0.2, 0) is 20.7 Å². The van der Waals surface area contributed by atoms with Gasteiger partial charge in [0.05, 0.1) is 12.1 Å². The minimum atomic E-state index is 0.154. The molecule has 1 heterocycles. The highest BCUT2D eigenvalue weighted by molar-refractivity contribution is 5.81. The van der Waals surface area contributed by atoms with Gasteiger partial charge in [0.2, 0.25) is 0 Å². The van der Waals surface area contributed by atoms with E-state index in [1.54, 1.807) is 6.92 Å². The van der Waals surface area contributed by atoms with Crippen molar-refractivity contribution < 1.29 is 14.3 Å². The van der Waals surface area contributed by atoms with Crippen molar-refractivity contribution in [3.63, 3.8) is 0 Å². The summed E-state index contributed by atoms with van der Waals surface area (Å²) in [4.78, 5) is 25.3. The van der Waals surface area contributed by atoms with Crippen molar-refractivity contribution in [3.8, 4) is 0 Å². The maximum atomic E-state index is 11.4. The van der Waals surface area contributed by atoms with Crippen LogP contribution in [0.15, 0.2) is 36.4 Å². The van der Waals surface area contributed by atoms with Crippen molar-refractivity contribution in [1.82, 2.24) is 4.98 Å². The van der Waals surface area contributed by atoms with Gasteiger partial charge in [0.15, 0.2) is 0 Å². The van der Waals surface area contributed by atoms with Gasteiger partial charge in [-0.05, 0) is 49.3 Å². The summed E-state index contributed by atoms with van der Waals surface area (Å²) in [6.07, 6.45) is 8.81. The zero-order valence-corrected chi connectivity index (χ0v) is 16.5. The molecule has 0 saturated heterocycles. The maximum Gasteiger partial charge on any atom is 0.293 e. The molecule has 0 radical (unpaired) electrons. The van der Waals surface area contributed by atoms with E-state index in [9.17, 15) is 9.59 Å². The number of carbonyl (C=O) groups excluding carboxylic acids is 2. The quantitative estimate of drug-likeness (QED) is 0.687. The molecule has 1 aliphatic carbocycles. The molecule has 144 valence electrons. The van der Waals surface area contributed by atoms with Gasteiger partial charge in [0.25, 0.3) is 6.47 Å². The second-order valence-electron chi connectivity index (χ2n) is 7.19. The molecule has 1 saturated carbocycles. The third kappa shape index (κ3) is 6.31. The summed E-state index contributed by atoms with van der Waals surface area (Å²) in [6.45, 7) is 7.05. The number of carbonyl (C=O) groups is 2. The number of benzene rings is 1.